The zero-order valence-electron chi connectivity index (χ0n) is 10.7. The van der Waals surface area contributed by atoms with E-state index < -0.39 is 12.0 Å². The highest BCUT2D eigenvalue weighted by molar-refractivity contribution is 5.73. The number of hydrogen-bond acceptors (Lipinski definition) is 3. The molecule has 0 saturated carbocycles. The van der Waals surface area contributed by atoms with Crippen LogP contribution < -0.4 is 5.32 Å². The topological polar surface area (TPSA) is 58.6 Å². The van der Waals surface area contributed by atoms with Crippen molar-refractivity contribution in [2.24, 2.45) is 5.92 Å². The molecule has 0 fully saturated rings. The largest absolute Gasteiger partial charge is 0.480 e. The highest BCUT2D eigenvalue weighted by atomic mass is 16.5. The van der Waals surface area contributed by atoms with Gasteiger partial charge < -0.3 is 15.2 Å². The average Bonchev–Trinajstić information content (AvgIpc) is 2.20. The number of nitrogens with one attached hydrogen (secondary N) is 1. The summed E-state index contributed by atoms with van der Waals surface area (Å²) in [6.07, 6.45) is 2.43. The van der Waals surface area contributed by atoms with Gasteiger partial charge in [-0.3, -0.25) is 4.79 Å². The summed E-state index contributed by atoms with van der Waals surface area (Å²) in [4.78, 5) is 10.8. The van der Waals surface area contributed by atoms with Crippen molar-refractivity contribution >= 4 is 5.97 Å². The first-order chi connectivity index (χ1) is 7.57. The predicted molar refractivity (Wildman–Crippen MR) is 64.6 cm³/mol. The van der Waals surface area contributed by atoms with Crippen LogP contribution in [0.15, 0.2) is 0 Å². The van der Waals surface area contributed by atoms with E-state index in [9.17, 15) is 4.79 Å². The lowest BCUT2D eigenvalue weighted by atomic mass is 10.1. The number of aliphatic carboxylic acids is 1. The second-order valence-corrected chi connectivity index (χ2v) is 4.46. The fraction of sp³-hybridized carbons (Fsp3) is 0.917. The number of carboxylic acid groups (broad SMARTS) is 1. The van der Waals surface area contributed by atoms with Crippen LogP contribution in [0.5, 0.6) is 0 Å². The van der Waals surface area contributed by atoms with Crippen LogP contribution in [-0.2, 0) is 9.53 Å². The van der Waals surface area contributed by atoms with Gasteiger partial charge in [-0.1, -0.05) is 27.2 Å². The Labute approximate surface area is 98.4 Å². The van der Waals surface area contributed by atoms with E-state index >= 15 is 0 Å². The highest BCUT2D eigenvalue weighted by Gasteiger charge is 2.14. The zero-order valence-corrected chi connectivity index (χ0v) is 10.7. The van der Waals surface area contributed by atoms with Gasteiger partial charge in [0.05, 0.1) is 0 Å². The summed E-state index contributed by atoms with van der Waals surface area (Å²) in [6, 6.07) is -0.407. The number of carboxylic acids is 1. The molecule has 0 bridgehead atoms. The first-order valence-corrected chi connectivity index (χ1v) is 6.11. The molecule has 0 amide bonds. The average molecular weight is 231 g/mol. The Kier molecular flexibility index (Phi) is 9.24. The molecule has 0 aromatic rings. The first-order valence-electron chi connectivity index (χ1n) is 6.11. The maximum Gasteiger partial charge on any atom is 0.320 e. The molecule has 96 valence electrons. The normalized spacial score (nSPS) is 13.0. The van der Waals surface area contributed by atoms with Gasteiger partial charge in [0, 0.05) is 13.2 Å². The summed E-state index contributed by atoms with van der Waals surface area (Å²) < 4.78 is 5.41. The lowest BCUT2D eigenvalue weighted by molar-refractivity contribution is -0.139. The maximum atomic E-state index is 10.8. The van der Waals surface area contributed by atoms with Crippen LogP contribution in [0.3, 0.4) is 0 Å². The molecule has 0 spiro atoms. The second kappa shape index (κ2) is 9.60. The van der Waals surface area contributed by atoms with E-state index in [2.05, 4.69) is 19.2 Å². The minimum absolute atomic E-state index is 0.407. The summed E-state index contributed by atoms with van der Waals surface area (Å²) in [7, 11) is 0. The summed E-state index contributed by atoms with van der Waals surface area (Å²) in [5.74, 6) is -0.204. The summed E-state index contributed by atoms with van der Waals surface area (Å²) in [6.45, 7) is 8.39. The molecular formula is C12H25NO3. The fourth-order valence-electron chi connectivity index (χ4n) is 1.37. The number of rotatable bonds is 10. The van der Waals surface area contributed by atoms with Gasteiger partial charge in [0.1, 0.15) is 6.04 Å². The van der Waals surface area contributed by atoms with Crippen LogP contribution in [0.2, 0.25) is 0 Å². The Morgan fingerprint density at radius 3 is 2.62 bits per heavy atom. The van der Waals surface area contributed by atoms with Crippen molar-refractivity contribution in [1.82, 2.24) is 5.32 Å². The van der Waals surface area contributed by atoms with Crippen molar-refractivity contribution < 1.29 is 14.6 Å². The molecule has 0 saturated heterocycles. The third kappa shape index (κ3) is 8.68. The summed E-state index contributed by atoms with van der Waals surface area (Å²) in [5, 5.41) is 11.9. The van der Waals surface area contributed by atoms with Crippen molar-refractivity contribution in [3.05, 3.63) is 0 Å². The van der Waals surface area contributed by atoms with Gasteiger partial charge >= 0.3 is 5.97 Å². The summed E-state index contributed by atoms with van der Waals surface area (Å²) >= 11 is 0. The number of hydrogen-bond donors (Lipinski definition) is 2. The Hall–Kier alpha value is -0.610. The molecule has 0 aromatic heterocycles. The zero-order chi connectivity index (χ0) is 12.4. The predicted octanol–water partition coefficient (Wildman–Crippen LogP) is 1.89. The summed E-state index contributed by atoms with van der Waals surface area (Å²) in [5.41, 5.74) is 0. The number of ether oxygens (including phenoxy) is 1. The van der Waals surface area contributed by atoms with Gasteiger partial charge in [-0.05, 0) is 25.3 Å². The molecule has 0 radical (unpaired) electrons. The fourth-order valence-corrected chi connectivity index (χ4v) is 1.37. The molecule has 0 rings (SSSR count). The quantitative estimate of drug-likeness (QED) is 0.564. The minimum atomic E-state index is -0.759. The SMILES string of the molecule is CCCC(NCCCOCC(C)C)C(=O)O. The Bertz CT molecular complexity index is 183. The third-order valence-electron chi connectivity index (χ3n) is 2.18. The van der Waals surface area contributed by atoms with Gasteiger partial charge in [-0.2, -0.15) is 0 Å². The number of carbonyl (C=O) groups is 1. The van der Waals surface area contributed by atoms with E-state index in [1.54, 1.807) is 0 Å². The molecule has 0 heterocycles. The molecular weight excluding hydrogens is 206 g/mol. The Morgan fingerprint density at radius 2 is 2.12 bits per heavy atom. The Morgan fingerprint density at radius 1 is 1.44 bits per heavy atom. The second-order valence-electron chi connectivity index (χ2n) is 4.46. The van der Waals surface area contributed by atoms with Crippen LogP contribution in [-0.4, -0.2) is 36.9 Å². The smallest absolute Gasteiger partial charge is 0.320 e. The molecule has 1 atom stereocenters. The standard InChI is InChI=1S/C12H25NO3/c1-4-6-11(12(14)15)13-7-5-8-16-9-10(2)3/h10-11,13H,4-9H2,1-3H3,(H,14,15). The molecule has 0 aliphatic rings. The molecule has 4 heteroatoms. The van der Waals surface area contributed by atoms with Gasteiger partial charge in [0.2, 0.25) is 0 Å². The first kappa shape index (κ1) is 15.4. The minimum Gasteiger partial charge on any atom is -0.480 e. The third-order valence-corrected chi connectivity index (χ3v) is 2.18. The van der Waals surface area contributed by atoms with E-state index in [1.165, 1.54) is 0 Å². The van der Waals surface area contributed by atoms with Crippen molar-refractivity contribution in [2.45, 2.75) is 46.1 Å². The molecule has 0 aromatic carbocycles. The molecule has 2 N–H and O–H groups in total. The lowest BCUT2D eigenvalue weighted by Crippen LogP contribution is -2.37. The van der Waals surface area contributed by atoms with E-state index in [-0.39, 0.29) is 0 Å². The van der Waals surface area contributed by atoms with Gasteiger partial charge in [0.25, 0.3) is 0 Å². The molecule has 1 unspecified atom stereocenters. The Balaban J connectivity index is 3.44. The van der Waals surface area contributed by atoms with Gasteiger partial charge in [-0.25, -0.2) is 0 Å². The van der Waals surface area contributed by atoms with Crippen LogP contribution in [0, 0.1) is 5.92 Å². The van der Waals surface area contributed by atoms with E-state index in [0.717, 1.165) is 19.4 Å². The van der Waals surface area contributed by atoms with Crippen molar-refractivity contribution in [3.63, 3.8) is 0 Å². The molecule has 0 aliphatic heterocycles. The lowest BCUT2D eigenvalue weighted by Gasteiger charge is -2.13. The molecule has 16 heavy (non-hydrogen) atoms. The van der Waals surface area contributed by atoms with Crippen LogP contribution >= 0.6 is 0 Å². The van der Waals surface area contributed by atoms with E-state index in [1.807, 2.05) is 6.92 Å². The molecule has 4 nitrogen and oxygen atoms in total. The van der Waals surface area contributed by atoms with Crippen molar-refractivity contribution in [2.75, 3.05) is 19.8 Å². The van der Waals surface area contributed by atoms with Crippen molar-refractivity contribution in [3.8, 4) is 0 Å². The van der Waals surface area contributed by atoms with Gasteiger partial charge in [0.15, 0.2) is 0 Å². The monoisotopic (exact) mass is 231 g/mol. The van der Waals surface area contributed by atoms with Crippen molar-refractivity contribution in [1.29, 1.82) is 0 Å². The van der Waals surface area contributed by atoms with Gasteiger partial charge in [-0.15, -0.1) is 0 Å². The van der Waals surface area contributed by atoms with Crippen LogP contribution in [0.1, 0.15) is 40.0 Å². The van der Waals surface area contributed by atoms with E-state index in [4.69, 9.17) is 9.84 Å². The maximum absolute atomic E-state index is 10.8. The van der Waals surface area contributed by atoms with Crippen LogP contribution in [0.25, 0.3) is 0 Å². The highest BCUT2D eigenvalue weighted by Crippen LogP contribution is 1.97. The van der Waals surface area contributed by atoms with Crippen LogP contribution in [0.4, 0.5) is 0 Å². The molecule has 0 aliphatic carbocycles. The van der Waals surface area contributed by atoms with E-state index in [0.29, 0.717) is 25.5 Å².